The van der Waals surface area contributed by atoms with Gasteiger partial charge in [0, 0.05) is 13.0 Å². The first-order chi connectivity index (χ1) is 8.88. The van der Waals surface area contributed by atoms with Gasteiger partial charge in [-0.3, -0.25) is 9.59 Å². The average Bonchev–Trinajstić information content (AvgIpc) is 2.34. The van der Waals surface area contributed by atoms with E-state index in [0.717, 1.165) is 0 Å². The molecule has 0 rings (SSSR count). The van der Waals surface area contributed by atoms with Gasteiger partial charge < -0.3 is 14.6 Å². The largest absolute Gasteiger partial charge is 0.481 e. The maximum Gasteiger partial charge on any atom is 0.334 e. The van der Waals surface area contributed by atoms with Crippen molar-refractivity contribution in [1.29, 1.82) is 0 Å². The van der Waals surface area contributed by atoms with Crippen LogP contribution in [0.25, 0.3) is 0 Å². The molecule has 0 fully saturated rings. The van der Waals surface area contributed by atoms with Gasteiger partial charge in [0.15, 0.2) is 6.10 Å². The molecule has 0 aromatic heterocycles. The Morgan fingerprint density at radius 1 is 1.21 bits per heavy atom. The molecule has 1 N–H and O–H groups in total. The number of hydrogen-bond acceptors (Lipinski definition) is 5. The van der Waals surface area contributed by atoms with Crippen molar-refractivity contribution in [2.75, 3.05) is 13.7 Å². The number of rotatable bonds is 10. The van der Waals surface area contributed by atoms with Crippen LogP contribution in [0.1, 0.15) is 39.5 Å². The lowest BCUT2D eigenvalue weighted by atomic mass is 9.95. The van der Waals surface area contributed by atoms with E-state index < -0.39 is 24.0 Å². The lowest BCUT2D eigenvalue weighted by Crippen LogP contribution is -2.22. The number of ketones is 1. The van der Waals surface area contributed by atoms with Crippen LogP contribution in [-0.4, -0.2) is 42.6 Å². The van der Waals surface area contributed by atoms with E-state index in [1.807, 2.05) is 0 Å². The predicted octanol–water partition coefficient (Wildman–Crippen LogP) is 1.41. The van der Waals surface area contributed by atoms with E-state index >= 15 is 0 Å². The number of carboxylic acid groups (broad SMARTS) is 1. The number of unbranched alkanes of at least 4 members (excludes halogenated alkanes) is 1. The van der Waals surface area contributed by atoms with Crippen molar-refractivity contribution < 1.29 is 29.0 Å². The number of methoxy groups -OCH3 is 1. The number of hydrogen-bond donors (Lipinski definition) is 1. The number of esters is 1. The molecule has 0 aromatic rings. The highest BCUT2D eigenvalue weighted by Crippen LogP contribution is 2.14. The van der Waals surface area contributed by atoms with Crippen molar-refractivity contribution in [2.24, 2.45) is 5.92 Å². The number of carbonyl (C=O) groups is 3. The van der Waals surface area contributed by atoms with Gasteiger partial charge >= 0.3 is 11.9 Å². The summed E-state index contributed by atoms with van der Waals surface area (Å²) in [7, 11) is 1.43. The van der Waals surface area contributed by atoms with E-state index in [-0.39, 0.29) is 18.8 Å². The molecular formula is C13H22O6. The summed E-state index contributed by atoms with van der Waals surface area (Å²) < 4.78 is 9.75. The van der Waals surface area contributed by atoms with Crippen molar-refractivity contribution in [1.82, 2.24) is 0 Å². The third-order valence-electron chi connectivity index (χ3n) is 2.87. The molecule has 0 bridgehead atoms. The Kier molecular flexibility index (Phi) is 8.78. The lowest BCUT2D eigenvalue weighted by Gasteiger charge is -2.12. The van der Waals surface area contributed by atoms with Crippen molar-refractivity contribution in [3.05, 3.63) is 0 Å². The van der Waals surface area contributed by atoms with Gasteiger partial charge in [-0.05, 0) is 33.1 Å². The topological polar surface area (TPSA) is 89.9 Å². The molecular weight excluding hydrogens is 252 g/mol. The Morgan fingerprint density at radius 3 is 2.32 bits per heavy atom. The second kappa shape index (κ2) is 9.49. The number of carboxylic acids is 1. The zero-order chi connectivity index (χ0) is 14.8. The quantitative estimate of drug-likeness (QED) is 0.478. The zero-order valence-electron chi connectivity index (χ0n) is 11.7. The third kappa shape index (κ3) is 8.31. The smallest absolute Gasteiger partial charge is 0.334 e. The summed E-state index contributed by atoms with van der Waals surface area (Å²) in [4.78, 5) is 33.0. The number of Topliss-reactive ketones (excluding diaryl/α,β-unsaturated/α-hetero) is 1. The van der Waals surface area contributed by atoms with Crippen LogP contribution in [0.3, 0.4) is 0 Å². The summed E-state index contributed by atoms with van der Waals surface area (Å²) in [6, 6.07) is 0. The van der Waals surface area contributed by atoms with Gasteiger partial charge in [0.05, 0.1) is 13.0 Å². The van der Waals surface area contributed by atoms with Crippen LogP contribution in [-0.2, 0) is 23.9 Å². The fraction of sp³-hybridized carbons (Fsp3) is 0.769. The SMILES string of the molecule is COC(C)C(=O)OCCCCC(CC(=O)O)C(C)=O. The number of ether oxygens (including phenoxy) is 2. The molecule has 110 valence electrons. The van der Waals surface area contributed by atoms with Gasteiger partial charge in [-0.25, -0.2) is 4.79 Å². The molecule has 2 atom stereocenters. The van der Waals surface area contributed by atoms with Crippen LogP contribution < -0.4 is 0 Å². The third-order valence-corrected chi connectivity index (χ3v) is 2.87. The predicted molar refractivity (Wildman–Crippen MR) is 67.7 cm³/mol. The first kappa shape index (κ1) is 17.6. The second-order valence-electron chi connectivity index (χ2n) is 4.45. The molecule has 0 aromatic carbocycles. The van der Waals surface area contributed by atoms with Gasteiger partial charge in [0.1, 0.15) is 5.78 Å². The van der Waals surface area contributed by atoms with Gasteiger partial charge in [-0.1, -0.05) is 0 Å². The molecule has 0 spiro atoms. The van der Waals surface area contributed by atoms with Gasteiger partial charge in [0.2, 0.25) is 0 Å². The first-order valence-electron chi connectivity index (χ1n) is 6.30. The molecule has 6 nitrogen and oxygen atoms in total. The molecule has 0 radical (unpaired) electrons. The zero-order valence-corrected chi connectivity index (χ0v) is 11.7. The average molecular weight is 274 g/mol. The van der Waals surface area contributed by atoms with Crippen LogP contribution in [0.4, 0.5) is 0 Å². The summed E-state index contributed by atoms with van der Waals surface area (Å²) in [5, 5.41) is 8.66. The summed E-state index contributed by atoms with van der Waals surface area (Å²) in [6.45, 7) is 3.25. The molecule has 0 aliphatic carbocycles. The van der Waals surface area contributed by atoms with Crippen LogP contribution in [0.2, 0.25) is 0 Å². The first-order valence-corrected chi connectivity index (χ1v) is 6.30. The monoisotopic (exact) mass is 274 g/mol. The van der Waals surface area contributed by atoms with Crippen molar-refractivity contribution >= 4 is 17.7 Å². The Morgan fingerprint density at radius 2 is 1.84 bits per heavy atom. The summed E-state index contributed by atoms with van der Waals surface area (Å²) in [5.74, 6) is -1.96. The van der Waals surface area contributed by atoms with Crippen molar-refractivity contribution in [2.45, 2.75) is 45.6 Å². The lowest BCUT2D eigenvalue weighted by molar-refractivity contribution is -0.154. The van der Waals surface area contributed by atoms with Gasteiger partial charge in [-0.2, -0.15) is 0 Å². The number of carbonyl (C=O) groups excluding carboxylic acids is 2. The molecule has 0 aliphatic rings. The maximum atomic E-state index is 11.2. The molecule has 0 saturated carbocycles. The minimum absolute atomic E-state index is 0.118. The van der Waals surface area contributed by atoms with E-state index in [1.165, 1.54) is 14.0 Å². The van der Waals surface area contributed by atoms with Crippen LogP contribution in [0.15, 0.2) is 0 Å². The summed E-state index contributed by atoms with van der Waals surface area (Å²) in [5.41, 5.74) is 0. The number of aliphatic carboxylic acids is 1. The normalized spacial score (nSPS) is 13.6. The van der Waals surface area contributed by atoms with Crippen molar-refractivity contribution in [3.8, 4) is 0 Å². The molecule has 2 unspecified atom stereocenters. The Labute approximate surface area is 113 Å². The Hall–Kier alpha value is -1.43. The Bertz CT molecular complexity index is 312. The van der Waals surface area contributed by atoms with E-state index in [9.17, 15) is 14.4 Å². The standard InChI is InChI=1S/C13H22O6/c1-9(14)11(8-12(15)16)6-4-5-7-19-13(17)10(2)18-3/h10-11H,4-8H2,1-3H3,(H,15,16). The summed E-state index contributed by atoms with van der Waals surface area (Å²) in [6.07, 6.45) is 1.02. The van der Waals surface area contributed by atoms with Crippen LogP contribution >= 0.6 is 0 Å². The molecule has 0 amide bonds. The van der Waals surface area contributed by atoms with Gasteiger partial charge in [0.25, 0.3) is 0 Å². The maximum absolute atomic E-state index is 11.2. The van der Waals surface area contributed by atoms with Crippen molar-refractivity contribution in [3.63, 3.8) is 0 Å². The van der Waals surface area contributed by atoms with Crippen LogP contribution in [0, 0.1) is 5.92 Å². The molecule has 0 aliphatic heterocycles. The minimum Gasteiger partial charge on any atom is -0.481 e. The van der Waals surface area contributed by atoms with E-state index in [1.54, 1.807) is 6.92 Å². The summed E-state index contributed by atoms with van der Waals surface area (Å²) >= 11 is 0. The molecule has 6 heteroatoms. The second-order valence-corrected chi connectivity index (χ2v) is 4.45. The minimum atomic E-state index is -0.972. The van der Waals surface area contributed by atoms with Gasteiger partial charge in [-0.15, -0.1) is 0 Å². The fourth-order valence-electron chi connectivity index (χ4n) is 1.54. The molecule has 0 saturated heterocycles. The van der Waals surface area contributed by atoms with E-state index in [4.69, 9.17) is 14.6 Å². The highest BCUT2D eigenvalue weighted by molar-refractivity contribution is 5.82. The molecule has 19 heavy (non-hydrogen) atoms. The van der Waals surface area contributed by atoms with E-state index in [2.05, 4.69) is 0 Å². The fourth-order valence-corrected chi connectivity index (χ4v) is 1.54. The van der Waals surface area contributed by atoms with Crippen LogP contribution in [0.5, 0.6) is 0 Å². The highest BCUT2D eigenvalue weighted by atomic mass is 16.6. The molecule has 0 heterocycles. The highest BCUT2D eigenvalue weighted by Gasteiger charge is 2.17. The Balaban J connectivity index is 3.80. The van der Waals surface area contributed by atoms with E-state index in [0.29, 0.717) is 19.3 Å².